The van der Waals surface area contributed by atoms with Gasteiger partial charge >= 0.3 is 0 Å². The minimum atomic E-state index is -1.03. The van der Waals surface area contributed by atoms with Crippen molar-refractivity contribution in [3.8, 4) is 5.75 Å². The molecule has 0 heterocycles. The third kappa shape index (κ3) is 1.75. The number of aromatic hydroxyl groups is 1. The highest BCUT2D eigenvalue weighted by Gasteiger charge is 2.62. The summed E-state index contributed by atoms with van der Waals surface area (Å²) in [5, 5.41) is 40.7. The number of aliphatic hydroxyl groups is 3. The zero-order valence-electron chi connectivity index (χ0n) is 12.8. The van der Waals surface area contributed by atoms with E-state index < -0.39 is 23.7 Å². The van der Waals surface area contributed by atoms with Gasteiger partial charge in [0.25, 0.3) is 0 Å². The van der Waals surface area contributed by atoms with Gasteiger partial charge in [-0.3, -0.25) is 0 Å². The molecule has 4 heteroatoms. The first-order valence-corrected chi connectivity index (χ1v) is 8.29. The lowest BCUT2D eigenvalue weighted by Gasteiger charge is -2.50. The average molecular weight is 304 g/mol. The van der Waals surface area contributed by atoms with Crippen LogP contribution in [0.3, 0.4) is 0 Å². The van der Waals surface area contributed by atoms with E-state index in [-0.39, 0.29) is 11.8 Å². The van der Waals surface area contributed by atoms with Crippen molar-refractivity contribution in [2.75, 3.05) is 0 Å². The molecule has 0 spiro atoms. The molecule has 120 valence electrons. The molecule has 0 radical (unpaired) electrons. The summed E-state index contributed by atoms with van der Waals surface area (Å²) in [6.07, 6.45) is 0.894. The van der Waals surface area contributed by atoms with Crippen molar-refractivity contribution in [1.82, 2.24) is 0 Å². The van der Waals surface area contributed by atoms with Crippen molar-refractivity contribution < 1.29 is 20.4 Å². The monoisotopic (exact) mass is 304 g/mol. The number of aliphatic hydroxyl groups excluding tert-OH is 3. The van der Waals surface area contributed by atoms with Gasteiger partial charge in [0.1, 0.15) is 11.9 Å². The van der Waals surface area contributed by atoms with Gasteiger partial charge in [0.05, 0.1) is 12.2 Å². The second-order valence-electron chi connectivity index (χ2n) is 7.69. The molecule has 0 aromatic heterocycles. The number of phenolic OH excluding ortho intramolecular Hbond substituents is 1. The Bertz CT molecular complexity index is 601. The second kappa shape index (κ2) is 4.70. The number of aryl methyl sites for hydroxylation is 1. The summed E-state index contributed by atoms with van der Waals surface area (Å²) < 4.78 is 0. The van der Waals surface area contributed by atoms with Gasteiger partial charge < -0.3 is 20.4 Å². The summed E-state index contributed by atoms with van der Waals surface area (Å²) in [4.78, 5) is 0. The van der Waals surface area contributed by atoms with Gasteiger partial charge in [0.2, 0.25) is 0 Å². The summed E-state index contributed by atoms with van der Waals surface area (Å²) in [5.41, 5.74) is 2.09. The van der Waals surface area contributed by atoms with Crippen molar-refractivity contribution in [2.24, 2.45) is 17.3 Å². The summed E-state index contributed by atoms with van der Waals surface area (Å²) in [6, 6.07) is 5.61. The lowest BCUT2D eigenvalue weighted by Crippen LogP contribution is -2.46. The molecule has 3 aliphatic rings. The zero-order valence-corrected chi connectivity index (χ0v) is 12.8. The molecule has 7 atom stereocenters. The van der Waals surface area contributed by atoms with E-state index in [1.165, 1.54) is 11.1 Å². The number of benzene rings is 1. The first kappa shape index (κ1) is 14.5. The molecule has 0 bridgehead atoms. The standard InChI is InChI=1S/C18H24O4/c1-18-7-6-12-11-5-3-10(19)8-9(11)2-4-13(12)14(18)15(20)16(21)17(18)22/h3,5,8,12-17,19-22H,2,4,6-7H2,1H3/t12?,13?,14?,15?,16-,17?,18+/m1/s1. The topological polar surface area (TPSA) is 80.9 Å². The number of fused-ring (bicyclic) bond motifs is 5. The van der Waals surface area contributed by atoms with E-state index in [9.17, 15) is 20.4 Å². The molecule has 4 rings (SSSR count). The molecule has 1 aromatic rings. The largest absolute Gasteiger partial charge is 0.508 e. The van der Waals surface area contributed by atoms with E-state index in [2.05, 4.69) is 0 Å². The van der Waals surface area contributed by atoms with E-state index >= 15 is 0 Å². The lowest BCUT2D eigenvalue weighted by atomic mass is 9.55. The van der Waals surface area contributed by atoms with Gasteiger partial charge in [-0.2, -0.15) is 0 Å². The Kier molecular flexibility index (Phi) is 3.09. The quantitative estimate of drug-likeness (QED) is 0.586. The van der Waals surface area contributed by atoms with E-state index in [4.69, 9.17) is 0 Å². The van der Waals surface area contributed by atoms with Crippen LogP contribution < -0.4 is 0 Å². The van der Waals surface area contributed by atoms with Crippen molar-refractivity contribution in [1.29, 1.82) is 0 Å². The Morgan fingerprint density at radius 2 is 1.86 bits per heavy atom. The summed E-state index contributed by atoms with van der Waals surface area (Å²) in [5.74, 6) is 0.898. The molecule has 22 heavy (non-hydrogen) atoms. The molecule has 2 saturated carbocycles. The zero-order chi connectivity index (χ0) is 15.6. The molecule has 2 fully saturated rings. The summed E-state index contributed by atoms with van der Waals surface area (Å²) in [6.45, 7) is 2.02. The molecule has 0 amide bonds. The molecule has 1 aromatic carbocycles. The van der Waals surface area contributed by atoms with Crippen LogP contribution >= 0.6 is 0 Å². The van der Waals surface area contributed by atoms with Gasteiger partial charge in [-0.1, -0.05) is 13.0 Å². The maximum absolute atomic E-state index is 10.5. The highest BCUT2D eigenvalue weighted by atomic mass is 16.4. The molecule has 5 unspecified atom stereocenters. The van der Waals surface area contributed by atoms with Gasteiger partial charge in [-0.25, -0.2) is 0 Å². The van der Waals surface area contributed by atoms with E-state index in [0.29, 0.717) is 11.7 Å². The molecule has 0 aliphatic heterocycles. The van der Waals surface area contributed by atoms with Gasteiger partial charge in [-0.05, 0) is 66.7 Å². The summed E-state index contributed by atoms with van der Waals surface area (Å²) in [7, 11) is 0. The minimum absolute atomic E-state index is 0.0572. The number of phenols is 1. The smallest absolute Gasteiger partial charge is 0.115 e. The molecule has 4 N–H and O–H groups in total. The first-order valence-electron chi connectivity index (χ1n) is 8.29. The van der Waals surface area contributed by atoms with Gasteiger partial charge in [0, 0.05) is 5.41 Å². The molecule has 4 nitrogen and oxygen atoms in total. The fourth-order valence-electron chi connectivity index (χ4n) is 5.62. The Morgan fingerprint density at radius 1 is 1.09 bits per heavy atom. The average Bonchev–Trinajstić information content (AvgIpc) is 2.68. The van der Waals surface area contributed by atoms with E-state index in [1.807, 2.05) is 19.1 Å². The highest BCUT2D eigenvalue weighted by molar-refractivity contribution is 5.40. The maximum Gasteiger partial charge on any atom is 0.115 e. The summed E-state index contributed by atoms with van der Waals surface area (Å²) >= 11 is 0. The SMILES string of the molecule is C[C@]12CCC3c4ccc(O)cc4CCC3C1C(O)[C@@H](O)C2O. The van der Waals surface area contributed by atoms with Crippen LogP contribution in [0, 0.1) is 17.3 Å². The maximum atomic E-state index is 10.5. The minimum Gasteiger partial charge on any atom is -0.508 e. The van der Waals surface area contributed by atoms with Crippen LogP contribution in [0.2, 0.25) is 0 Å². The van der Waals surface area contributed by atoms with Gasteiger partial charge in [0.15, 0.2) is 0 Å². The Balaban J connectivity index is 1.74. The number of hydrogen-bond donors (Lipinski definition) is 4. The van der Waals surface area contributed by atoms with E-state index in [1.54, 1.807) is 6.07 Å². The van der Waals surface area contributed by atoms with Crippen molar-refractivity contribution in [3.05, 3.63) is 29.3 Å². The predicted octanol–water partition coefficient (Wildman–Crippen LogP) is 1.55. The van der Waals surface area contributed by atoms with Crippen molar-refractivity contribution >= 4 is 0 Å². The highest BCUT2D eigenvalue weighted by Crippen LogP contribution is 2.60. The Hall–Kier alpha value is -1.10. The molecule has 0 saturated heterocycles. The van der Waals surface area contributed by atoms with Crippen LogP contribution in [0.25, 0.3) is 0 Å². The molecule has 3 aliphatic carbocycles. The van der Waals surface area contributed by atoms with Crippen LogP contribution in [0.1, 0.15) is 43.2 Å². The van der Waals surface area contributed by atoms with Crippen molar-refractivity contribution in [3.63, 3.8) is 0 Å². The Morgan fingerprint density at radius 3 is 2.64 bits per heavy atom. The Labute approximate surface area is 130 Å². The third-order valence-electron chi connectivity index (χ3n) is 6.72. The lowest BCUT2D eigenvalue weighted by molar-refractivity contribution is -0.0505. The van der Waals surface area contributed by atoms with Crippen LogP contribution in [0.15, 0.2) is 18.2 Å². The van der Waals surface area contributed by atoms with Crippen LogP contribution in [-0.2, 0) is 6.42 Å². The molecular weight excluding hydrogens is 280 g/mol. The fourth-order valence-corrected chi connectivity index (χ4v) is 5.62. The van der Waals surface area contributed by atoms with Crippen LogP contribution in [-0.4, -0.2) is 38.7 Å². The fraction of sp³-hybridized carbons (Fsp3) is 0.667. The number of hydrogen-bond acceptors (Lipinski definition) is 4. The van der Waals surface area contributed by atoms with Crippen molar-refractivity contribution in [2.45, 2.75) is 56.8 Å². The number of rotatable bonds is 0. The molecular formula is C18H24O4. The van der Waals surface area contributed by atoms with E-state index in [0.717, 1.165) is 25.7 Å². The van der Waals surface area contributed by atoms with Crippen LogP contribution in [0.5, 0.6) is 5.75 Å². The van der Waals surface area contributed by atoms with Gasteiger partial charge in [-0.15, -0.1) is 0 Å². The van der Waals surface area contributed by atoms with Crippen LogP contribution in [0.4, 0.5) is 0 Å². The predicted molar refractivity (Wildman–Crippen MR) is 81.5 cm³/mol. The third-order valence-corrected chi connectivity index (χ3v) is 6.72. The normalized spacial score (nSPS) is 46.7. The second-order valence-corrected chi connectivity index (χ2v) is 7.69. The first-order chi connectivity index (χ1) is 10.4.